The van der Waals surface area contributed by atoms with Gasteiger partial charge in [-0.3, -0.25) is 4.79 Å². The number of alkyl halides is 3. The molecule has 1 atom stereocenters. The number of carbonyl (C=O) groups excluding carboxylic acids is 2. The number of rotatable bonds is 8. The molecular weight excluding hydrogens is 629 g/mol. The molecule has 1 unspecified atom stereocenters. The van der Waals surface area contributed by atoms with E-state index in [0.29, 0.717) is 15.2 Å². The van der Waals surface area contributed by atoms with Crippen molar-refractivity contribution >= 4 is 59.9 Å². The van der Waals surface area contributed by atoms with Crippen molar-refractivity contribution in [2.75, 3.05) is 17.3 Å². The lowest BCUT2D eigenvalue weighted by Crippen LogP contribution is -2.54. The third-order valence-corrected chi connectivity index (χ3v) is 7.65. The van der Waals surface area contributed by atoms with Crippen LogP contribution in [-0.2, 0) is 36.4 Å². The van der Waals surface area contributed by atoms with Crippen molar-refractivity contribution in [1.82, 2.24) is 10.3 Å². The highest BCUT2D eigenvalue weighted by molar-refractivity contribution is 9.10. The Morgan fingerprint density at radius 2 is 1.76 bits per heavy atom. The van der Waals surface area contributed by atoms with Crippen LogP contribution in [0, 0.1) is 0 Å². The minimum absolute atomic E-state index is 0.0886. The van der Waals surface area contributed by atoms with Gasteiger partial charge in [-0.1, -0.05) is 46.3 Å². The van der Waals surface area contributed by atoms with Crippen molar-refractivity contribution in [3.63, 3.8) is 0 Å². The van der Waals surface area contributed by atoms with E-state index >= 15 is 0 Å². The molecule has 0 aliphatic rings. The van der Waals surface area contributed by atoms with Gasteiger partial charge in [0.2, 0.25) is 0 Å². The molecular formula is C27H22BrF3N4O5S. The first-order valence-corrected chi connectivity index (χ1v) is 14.4. The van der Waals surface area contributed by atoms with Crippen LogP contribution in [0.2, 0.25) is 0 Å². The summed E-state index contributed by atoms with van der Waals surface area (Å²) < 4.78 is 70.4. The van der Waals surface area contributed by atoms with Gasteiger partial charge in [-0.2, -0.15) is 13.2 Å². The van der Waals surface area contributed by atoms with Gasteiger partial charge in [0.25, 0.3) is 11.6 Å². The fourth-order valence-electron chi connectivity index (χ4n) is 4.09. The van der Waals surface area contributed by atoms with Crippen molar-refractivity contribution in [3.8, 4) is 0 Å². The lowest BCUT2D eigenvalue weighted by molar-refractivity contribution is -0.213. The molecule has 0 radical (unpaired) electrons. The Hall–Kier alpha value is -4.17. The molecule has 4 N–H and O–H groups in total. The summed E-state index contributed by atoms with van der Waals surface area (Å²) in [6.07, 6.45) is -3.04. The topological polar surface area (TPSA) is 140 Å². The maximum Gasteiger partial charge on any atom is 0.491 e. The fourth-order valence-corrected chi connectivity index (χ4v) is 5.43. The van der Waals surface area contributed by atoms with E-state index in [1.165, 1.54) is 66.9 Å². The molecule has 214 valence electrons. The van der Waals surface area contributed by atoms with E-state index in [0.717, 1.165) is 6.26 Å². The number of hydrogen-bond donors (Lipinski definition) is 3. The lowest BCUT2D eigenvalue weighted by atomic mass is 9.99. The highest BCUT2D eigenvalue weighted by atomic mass is 79.9. The number of fused-ring (bicyclic) bond motifs is 1. The summed E-state index contributed by atoms with van der Waals surface area (Å²) in [5.41, 5.74) is 3.25. The standard InChI is InChI=1S/C27H22BrF3N4O5S/c1-41(38,39)22-8-3-2-5-17(22)15-34-24(36)26(40-25(37)27(29,30)31,18-6-4-7-19(28)14-18)35-20-9-10-21-16(13-20)11-12-33-23(21)32/h2-14,35H,15H2,1H3,(H2,32,33)(H,34,36). The third-order valence-electron chi connectivity index (χ3n) is 5.96. The number of nitrogens with two attached hydrogens (primary N) is 1. The summed E-state index contributed by atoms with van der Waals surface area (Å²) >= 11 is 3.23. The van der Waals surface area contributed by atoms with Crippen LogP contribution < -0.4 is 16.4 Å². The summed E-state index contributed by atoms with van der Waals surface area (Å²) in [4.78, 5) is 30.1. The predicted octanol–water partition coefficient (Wildman–Crippen LogP) is 4.67. The first-order valence-electron chi connectivity index (χ1n) is 11.8. The molecule has 4 aromatic rings. The van der Waals surface area contributed by atoms with Gasteiger partial charge in [0, 0.05) is 40.1 Å². The number of nitrogens with zero attached hydrogens (tertiary/aromatic N) is 1. The highest BCUT2D eigenvalue weighted by Crippen LogP contribution is 2.35. The van der Waals surface area contributed by atoms with Gasteiger partial charge in [-0.15, -0.1) is 0 Å². The van der Waals surface area contributed by atoms with Crippen molar-refractivity contribution in [1.29, 1.82) is 0 Å². The van der Waals surface area contributed by atoms with E-state index in [1.807, 2.05) is 0 Å². The van der Waals surface area contributed by atoms with Crippen LogP contribution in [0.5, 0.6) is 0 Å². The van der Waals surface area contributed by atoms with Crippen LogP contribution >= 0.6 is 15.9 Å². The molecule has 1 heterocycles. The predicted molar refractivity (Wildman–Crippen MR) is 149 cm³/mol. The SMILES string of the molecule is CS(=O)(=O)c1ccccc1CNC(=O)C(Nc1ccc2c(N)nccc2c1)(OC(=O)C(F)(F)F)c1cccc(Br)c1. The zero-order chi connectivity index (χ0) is 30.0. The van der Waals surface area contributed by atoms with Gasteiger partial charge in [0.1, 0.15) is 5.82 Å². The molecule has 0 saturated heterocycles. The number of nitrogens with one attached hydrogen (secondary N) is 2. The summed E-state index contributed by atoms with van der Waals surface area (Å²) in [6, 6.07) is 17.5. The monoisotopic (exact) mass is 650 g/mol. The summed E-state index contributed by atoms with van der Waals surface area (Å²) in [6.45, 7) is -0.414. The molecule has 0 aliphatic carbocycles. The van der Waals surface area contributed by atoms with Crippen molar-refractivity contribution in [2.24, 2.45) is 0 Å². The van der Waals surface area contributed by atoms with Gasteiger partial charge in [0.15, 0.2) is 9.84 Å². The number of pyridine rings is 1. The average molecular weight is 651 g/mol. The smallest absolute Gasteiger partial charge is 0.418 e. The number of anilines is 2. The Balaban J connectivity index is 1.85. The van der Waals surface area contributed by atoms with Crippen LogP contribution in [0.4, 0.5) is 24.7 Å². The molecule has 0 aliphatic heterocycles. The Kier molecular flexibility index (Phi) is 8.27. The normalized spacial score (nSPS) is 13.3. The van der Waals surface area contributed by atoms with E-state index in [2.05, 4.69) is 31.5 Å². The van der Waals surface area contributed by atoms with E-state index in [4.69, 9.17) is 10.5 Å². The number of hydrogen-bond acceptors (Lipinski definition) is 8. The molecule has 0 spiro atoms. The molecule has 14 heteroatoms. The number of ether oxygens (including phenoxy) is 1. The minimum Gasteiger partial charge on any atom is -0.418 e. The quantitative estimate of drug-likeness (QED) is 0.185. The largest absolute Gasteiger partial charge is 0.491 e. The first kappa shape index (κ1) is 29.8. The van der Waals surface area contributed by atoms with E-state index in [1.54, 1.807) is 12.1 Å². The second-order valence-corrected chi connectivity index (χ2v) is 11.8. The molecule has 1 aromatic heterocycles. The second kappa shape index (κ2) is 11.4. The number of carbonyl (C=O) groups is 2. The van der Waals surface area contributed by atoms with Gasteiger partial charge in [-0.25, -0.2) is 18.2 Å². The summed E-state index contributed by atoms with van der Waals surface area (Å²) in [5.74, 6) is -3.63. The molecule has 3 aromatic carbocycles. The van der Waals surface area contributed by atoms with Crippen LogP contribution in [-0.4, -0.2) is 37.7 Å². The Morgan fingerprint density at radius 3 is 2.44 bits per heavy atom. The van der Waals surface area contributed by atoms with E-state index in [-0.39, 0.29) is 27.5 Å². The first-order chi connectivity index (χ1) is 19.2. The molecule has 0 bridgehead atoms. The number of nitrogen functional groups attached to an aromatic ring is 1. The van der Waals surface area contributed by atoms with Crippen LogP contribution in [0.3, 0.4) is 0 Å². The number of benzene rings is 3. The van der Waals surface area contributed by atoms with Crippen LogP contribution in [0.15, 0.2) is 88.4 Å². The Morgan fingerprint density at radius 1 is 1.02 bits per heavy atom. The number of amides is 1. The molecule has 4 rings (SSSR count). The van der Waals surface area contributed by atoms with Crippen molar-refractivity contribution < 1.29 is 35.9 Å². The average Bonchev–Trinajstić information content (AvgIpc) is 2.90. The lowest BCUT2D eigenvalue weighted by Gasteiger charge is -2.34. The number of halogens is 4. The number of esters is 1. The fraction of sp³-hybridized carbons (Fsp3) is 0.148. The van der Waals surface area contributed by atoms with E-state index in [9.17, 15) is 31.2 Å². The summed E-state index contributed by atoms with van der Waals surface area (Å²) in [5, 5.41) is 6.19. The zero-order valence-electron chi connectivity index (χ0n) is 21.2. The Bertz CT molecular complexity index is 1750. The Labute approximate surface area is 241 Å². The van der Waals surface area contributed by atoms with Gasteiger partial charge in [-0.05, 0) is 53.4 Å². The molecule has 1 amide bonds. The van der Waals surface area contributed by atoms with Gasteiger partial charge in [0.05, 0.1) is 4.90 Å². The highest BCUT2D eigenvalue weighted by Gasteiger charge is 2.51. The minimum atomic E-state index is -5.45. The zero-order valence-corrected chi connectivity index (χ0v) is 23.6. The van der Waals surface area contributed by atoms with Crippen LogP contribution in [0.25, 0.3) is 10.8 Å². The molecule has 9 nitrogen and oxygen atoms in total. The van der Waals surface area contributed by atoms with Gasteiger partial charge < -0.3 is 21.1 Å². The van der Waals surface area contributed by atoms with E-state index < -0.39 is 40.2 Å². The maximum absolute atomic E-state index is 13.9. The maximum atomic E-state index is 13.9. The molecule has 0 saturated carbocycles. The molecule has 0 fully saturated rings. The van der Waals surface area contributed by atoms with Gasteiger partial charge >= 0.3 is 12.1 Å². The molecule has 41 heavy (non-hydrogen) atoms. The summed E-state index contributed by atoms with van der Waals surface area (Å²) in [7, 11) is -3.71. The van der Waals surface area contributed by atoms with Crippen molar-refractivity contribution in [3.05, 3.63) is 94.6 Å². The second-order valence-electron chi connectivity index (χ2n) is 8.90. The van der Waals surface area contributed by atoms with Crippen LogP contribution in [0.1, 0.15) is 11.1 Å². The number of sulfone groups is 1. The third kappa shape index (κ3) is 6.60. The van der Waals surface area contributed by atoms with Crippen molar-refractivity contribution in [2.45, 2.75) is 23.3 Å². The number of aromatic nitrogens is 1.